The molecule has 1 aliphatic rings. The number of aromatic nitrogens is 5. The first-order chi connectivity index (χ1) is 16.9. The van der Waals surface area contributed by atoms with Crippen LogP contribution in [0.15, 0.2) is 59.7 Å². The van der Waals surface area contributed by atoms with Crippen LogP contribution >= 0.6 is 39.1 Å². The number of imidazole rings is 1. The number of carboxylic acid groups (broad SMARTS) is 1. The maximum atomic E-state index is 11.3. The topological polar surface area (TPSA) is 88.5 Å². The standard InChI is InChI=1S/C24H17BrCl2N6O2/c25-22-21(20-17(26)2-1-3-18(20)27)30-23-16-8-13(9-28-19(16)5-7-32(22)23)14-10-29-33(11-14)15-4-6-31(12-15)24(34)35/h1-3,5,7-11,15H,4,6,12H2,(H,34,35)/t15-/m0/s1. The van der Waals surface area contributed by atoms with Crippen molar-refractivity contribution in [2.75, 3.05) is 13.1 Å². The Morgan fingerprint density at radius 2 is 1.94 bits per heavy atom. The summed E-state index contributed by atoms with van der Waals surface area (Å²) >= 11 is 16.6. The Bertz CT molecular complexity index is 1610. The summed E-state index contributed by atoms with van der Waals surface area (Å²) in [5.74, 6) is 0. The third-order valence-corrected chi connectivity index (χ3v) is 7.72. The molecular formula is C24H17BrCl2N6O2. The molecule has 0 unspecified atom stereocenters. The third-order valence-electron chi connectivity index (χ3n) is 6.34. The fourth-order valence-corrected chi connectivity index (χ4v) is 5.68. The first-order valence-corrected chi connectivity index (χ1v) is 12.4. The molecule has 8 nitrogen and oxygen atoms in total. The number of hydrogen-bond donors (Lipinski definition) is 1. The second-order valence-electron chi connectivity index (χ2n) is 8.39. The number of amides is 1. The molecule has 1 amide bonds. The van der Waals surface area contributed by atoms with Crippen LogP contribution in [0.2, 0.25) is 10.0 Å². The number of carbonyl (C=O) groups is 1. The third kappa shape index (κ3) is 3.74. The number of fused-ring (bicyclic) bond motifs is 3. The van der Waals surface area contributed by atoms with Crippen LogP contribution in [-0.4, -0.2) is 53.3 Å². The molecule has 1 atom stereocenters. The summed E-state index contributed by atoms with van der Waals surface area (Å²) in [5.41, 5.74) is 4.62. The first-order valence-electron chi connectivity index (χ1n) is 10.8. The van der Waals surface area contributed by atoms with Crippen molar-refractivity contribution in [1.82, 2.24) is 29.0 Å². The van der Waals surface area contributed by atoms with Crippen LogP contribution in [-0.2, 0) is 0 Å². The number of hydrogen-bond acceptors (Lipinski definition) is 4. The van der Waals surface area contributed by atoms with Gasteiger partial charge in [0.25, 0.3) is 0 Å². The SMILES string of the molecule is O=C(O)N1CC[C@H](n2cc(-c3cnc4ccn5c(Br)c(-c6c(Cl)cccc6Cl)nc5c4c3)cn2)C1. The van der Waals surface area contributed by atoms with E-state index in [0.717, 1.165) is 38.7 Å². The van der Waals surface area contributed by atoms with Gasteiger partial charge in [0.15, 0.2) is 0 Å². The van der Waals surface area contributed by atoms with Gasteiger partial charge in [-0.3, -0.25) is 14.1 Å². The Morgan fingerprint density at radius 3 is 2.69 bits per heavy atom. The average molecular weight is 572 g/mol. The molecule has 1 aliphatic heterocycles. The van der Waals surface area contributed by atoms with Crippen molar-refractivity contribution in [3.8, 4) is 22.4 Å². The van der Waals surface area contributed by atoms with Gasteiger partial charge in [-0.05, 0) is 46.6 Å². The Balaban J connectivity index is 1.43. The van der Waals surface area contributed by atoms with E-state index < -0.39 is 6.09 Å². The van der Waals surface area contributed by atoms with Gasteiger partial charge in [0.1, 0.15) is 15.9 Å². The van der Waals surface area contributed by atoms with Gasteiger partial charge in [-0.25, -0.2) is 9.78 Å². The molecule has 176 valence electrons. The highest BCUT2D eigenvalue weighted by Crippen LogP contribution is 2.39. The van der Waals surface area contributed by atoms with Crippen LogP contribution in [0.3, 0.4) is 0 Å². The van der Waals surface area contributed by atoms with Crippen LogP contribution in [0.4, 0.5) is 4.79 Å². The predicted molar refractivity (Wildman–Crippen MR) is 138 cm³/mol. The normalized spacial score (nSPS) is 16.0. The maximum Gasteiger partial charge on any atom is 0.407 e. The molecule has 5 aromatic rings. The van der Waals surface area contributed by atoms with Gasteiger partial charge in [0.05, 0.1) is 27.8 Å². The lowest BCUT2D eigenvalue weighted by Gasteiger charge is -2.12. The van der Waals surface area contributed by atoms with Gasteiger partial charge in [-0.2, -0.15) is 5.10 Å². The van der Waals surface area contributed by atoms with E-state index >= 15 is 0 Å². The van der Waals surface area contributed by atoms with E-state index in [2.05, 4.69) is 26.0 Å². The van der Waals surface area contributed by atoms with E-state index in [0.29, 0.717) is 34.4 Å². The van der Waals surface area contributed by atoms with Gasteiger partial charge in [-0.1, -0.05) is 29.3 Å². The average Bonchev–Trinajstić information content (AvgIpc) is 3.58. The van der Waals surface area contributed by atoms with Gasteiger partial charge >= 0.3 is 6.09 Å². The summed E-state index contributed by atoms with van der Waals surface area (Å²) < 4.78 is 4.52. The molecule has 1 aromatic carbocycles. The lowest BCUT2D eigenvalue weighted by atomic mass is 10.1. The number of likely N-dealkylation sites (tertiary alicyclic amines) is 1. The van der Waals surface area contributed by atoms with E-state index in [9.17, 15) is 9.90 Å². The minimum absolute atomic E-state index is 0.0196. The minimum Gasteiger partial charge on any atom is -0.465 e. The molecule has 0 radical (unpaired) electrons. The van der Waals surface area contributed by atoms with Crippen molar-refractivity contribution in [3.05, 3.63) is 69.8 Å². The molecule has 0 bridgehead atoms. The van der Waals surface area contributed by atoms with E-state index in [1.807, 2.05) is 39.8 Å². The van der Waals surface area contributed by atoms with Crippen molar-refractivity contribution < 1.29 is 9.90 Å². The largest absolute Gasteiger partial charge is 0.465 e. The number of benzene rings is 1. The van der Waals surface area contributed by atoms with E-state index in [1.165, 1.54) is 4.90 Å². The molecule has 0 saturated carbocycles. The molecule has 35 heavy (non-hydrogen) atoms. The zero-order valence-electron chi connectivity index (χ0n) is 18.1. The van der Waals surface area contributed by atoms with Crippen LogP contribution in [0.25, 0.3) is 38.9 Å². The lowest BCUT2D eigenvalue weighted by Crippen LogP contribution is -2.27. The monoisotopic (exact) mass is 570 g/mol. The second kappa shape index (κ2) is 8.51. The minimum atomic E-state index is -0.897. The Hall–Kier alpha value is -3.14. The van der Waals surface area contributed by atoms with Crippen molar-refractivity contribution in [2.45, 2.75) is 12.5 Å². The highest BCUT2D eigenvalue weighted by atomic mass is 79.9. The van der Waals surface area contributed by atoms with Crippen LogP contribution in [0.1, 0.15) is 12.5 Å². The number of halogens is 3. The molecule has 0 aliphatic carbocycles. The highest BCUT2D eigenvalue weighted by molar-refractivity contribution is 9.10. The molecule has 0 spiro atoms. The number of nitrogens with zero attached hydrogens (tertiary/aromatic N) is 6. The smallest absolute Gasteiger partial charge is 0.407 e. The molecule has 1 fully saturated rings. The van der Waals surface area contributed by atoms with Crippen LogP contribution < -0.4 is 0 Å². The Kier molecular flexibility index (Phi) is 5.43. The van der Waals surface area contributed by atoms with Crippen molar-refractivity contribution >= 4 is 61.8 Å². The van der Waals surface area contributed by atoms with E-state index in [4.69, 9.17) is 28.2 Å². The molecule has 11 heteroatoms. The zero-order valence-corrected chi connectivity index (χ0v) is 21.2. The zero-order chi connectivity index (χ0) is 24.3. The fourth-order valence-electron chi connectivity index (χ4n) is 4.53. The molecular weight excluding hydrogens is 555 g/mol. The summed E-state index contributed by atoms with van der Waals surface area (Å²) in [6, 6.07) is 9.36. The molecule has 4 aromatic heterocycles. The molecule has 1 N–H and O–H groups in total. The Morgan fingerprint density at radius 1 is 1.14 bits per heavy atom. The van der Waals surface area contributed by atoms with Crippen LogP contribution in [0.5, 0.6) is 0 Å². The van der Waals surface area contributed by atoms with Gasteiger partial charge in [0, 0.05) is 53.8 Å². The quantitative estimate of drug-likeness (QED) is 0.270. The summed E-state index contributed by atoms with van der Waals surface area (Å²) in [5, 5.41) is 15.6. The van der Waals surface area contributed by atoms with Crippen molar-refractivity contribution in [1.29, 1.82) is 0 Å². The van der Waals surface area contributed by atoms with Gasteiger partial charge in [0.2, 0.25) is 0 Å². The van der Waals surface area contributed by atoms with Crippen molar-refractivity contribution in [2.24, 2.45) is 0 Å². The summed E-state index contributed by atoms with van der Waals surface area (Å²) in [6.07, 6.45) is 7.27. The van der Waals surface area contributed by atoms with Gasteiger partial charge < -0.3 is 10.0 Å². The summed E-state index contributed by atoms with van der Waals surface area (Å²) in [7, 11) is 0. The first kappa shape index (κ1) is 22.3. The molecule has 1 saturated heterocycles. The predicted octanol–water partition coefficient (Wildman–Crippen LogP) is 6.41. The summed E-state index contributed by atoms with van der Waals surface area (Å²) in [4.78, 5) is 22.2. The van der Waals surface area contributed by atoms with Gasteiger partial charge in [-0.15, -0.1) is 0 Å². The number of rotatable bonds is 3. The maximum absolute atomic E-state index is 11.3. The van der Waals surface area contributed by atoms with Crippen molar-refractivity contribution in [3.63, 3.8) is 0 Å². The summed E-state index contributed by atoms with van der Waals surface area (Å²) in [6.45, 7) is 0.944. The number of pyridine rings is 2. The highest BCUT2D eigenvalue weighted by Gasteiger charge is 2.27. The van der Waals surface area contributed by atoms with E-state index in [1.54, 1.807) is 24.4 Å². The lowest BCUT2D eigenvalue weighted by molar-refractivity contribution is 0.154. The second-order valence-corrected chi connectivity index (χ2v) is 9.96. The van der Waals surface area contributed by atoms with Crippen LogP contribution in [0, 0.1) is 0 Å². The van der Waals surface area contributed by atoms with E-state index in [-0.39, 0.29) is 6.04 Å². The molecule has 6 rings (SSSR count). The molecule has 5 heterocycles. The Labute approximate surface area is 217 Å². The fraction of sp³-hybridized carbons (Fsp3) is 0.167.